The molecule has 2 rings (SSSR count). The standard InChI is InChI=1S/C15H21F3N2O/c1-11-10-19(2)9-8-14(11)20(3)12-4-6-13(7-5-12)21-15(16,17)18/h4-7,11,14H,8-10H2,1-3H3. The van der Waals surface area contributed by atoms with Crippen molar-refractivity contribution in [2.45, 2.75) is 25.7 Å². The fourth-order valence-corrected chi connectivity index (χ4v) is 2.99. The Kier molecular flexibility index (Phi) is 4.66. The minimum atomic E-state index is -4.64. The van der Waals surface area contributed by atoms with E-state index in [1.165, 1.54) is 12.1 Å². The third-order valence-electron chi connectivity index (χ3n) is 4.04. The van der Waals surface area contributed by atoms with Gasteiger partial charge in [0.1, 0.15) is 5.75 Å². The van der Waals surface area contributed by atoms with Gasteiger partial charge >= 0.3 is 6.36 Å². The number of alkyl halides is 3. The SMILES string of the molecule is CC1CN(C)CCC1N(C)c1ccc(OC(F)(F)F)cc1. The molecule has 21 heavy (non-hydrogen) atoms. The molecule has 1 aliphatic heterocycles. The second kappa shape index (κ2) is 6.13. The van der Waals surface area contributed by atoms with E-state index in [1.807, 2.05) is 7.05 Å². The molecule has 0 aromatic heterocycles. The van der Waals surface area contributed by atoms with Crippen molar-refractivity contribution in [2.75, 3.05) is 32.1 Å². The number of ether oxygens (including phenoxy) is 1. The van der Waals surface area contributed by atoms with Crippen LogP contribution in [-0.4, -0.2) is 44.5 Å². The molecule has 3 nitrogen and oxygen atoms in total. The first-order valence-corrected chi connectivity index (χ1v) is 7.03. The normalized spacial score (nSPS) is 23.9. The van der Waals surface area contributed by atoms with Crippen molar-refractivity contribution in [2.24, 2.45) is 5.92 Å². The Morgan fingerprint density at radius 2 is 1.86 bits per heavy atom. The molecular formula is C15H21F3N2O. The van der Waals surface area contributed by atoms with Crippen molar-refractivity contribution in [3.63, 3.8) is 0 Å². The van der Waals surface area contributed by atoms with Crippen molar-refractivity contribution in [3.8, 4) is 5.75 Å². The van der Waals surface area contributed by atoms with Gasteiger partial charge in [-0.3, -0.25) is 0 Å². The first-order valence-electron chi connectivity index (χ1n) is 7.03. The van der Waals surface area contributed by atoms with Gasteiger partial charge in [0.25, 0.3) is 0 Å². The summed E-state index contributed by atoms with van der Waals surface area (Å²) in [6.45, 7) is 4.27. The number of likely N-dealkylation sites (tertiary alicyclic amines) is 1. The lowest BCUT2D eigenvalue weighted by Crippen LogP contribution is -2.47. The van der Waals surface area contributed by atoms with Crippen LogP contribution < -0.4 is 9.64 Å². The monoisotopic (exact) mass is 302 g/mol. The van der Waals surface area contributed by atoms with Gasteiger partial charge in [-0.1, -0.05) is 6.92 Å². The van der Waals surface area contributed by atoms with Gasteiger partial charge in [0.2, 0.25) is 0 Å². The highest BCUT2D eigenvalue weighted by Crippen LogP contribution is 2.28. The Bertz CT molecular complexity index is 461. The smallest absolute Gasteiger partial charge is 0.406 e. The number of benzene rings is 1. The van der Waals surface area contributed by atoms with E-state index in [9.17, 15) is 13.2 Å². The molecule has 2 atom stereocenters. The minimum Gasteiger partial charge on any atom is -0.406 e. The molecule has 1 aromatic rings. The van der Waals surface area contributed by atoms with Crippen LogP contribution >= 0.6 is 0 Å². The summed E-state index contributed by atoms with van der Waals surface area (Å²) < 4.78 is 40.3. The maximum Gasteiger partial charge on any atom is 0.573 e. The van der Waals surface area contributed by atoms with Gasteiger partial charge in [-0.25, -0.2) is 0 Å². The number of halogens is 3. The third-order valence-corrected chi connectivity index (χ3v) is 4.04. The number of piperidine rings is 1. The summed E-state index contributed by atoms with van der Waals surface area (Å²) in [6.07, 6.45) is -3.59. The van der Waals surface area contributed by atoms with Crippen molar-refractivity contribution < 1.29 is 17.9 Å². The molecule has 0 bridgehead atoms. The van der Waals surface area contributed by atoms with Crippen LogP contribution in [0, 0.1) is 5.92 Å². The van der Waals surface area contributed by atoms with Gasteiger partial charge in [-0.15, -0.1) is 13.2 Å². The maximum atomic E-state index is 12.1. The van der Waals surface area contributed by atoms with Crippen LogP contribution in [0.5, 0.6) is 5.75 Å². The summed E-state index contributed by atoms with van der Waals surface area (Å²) >= 11 is 0. The van der Waals surface area contributed by atoms with Crippen LogP contribution in [0.2, 0.25) is 0 Å². The molecule has 0 aliphatic carbocycles. The lowest BCUT2D eigenvalue weighted by molar-refractivity contribution is -0.274. The van der Waals surface area contributed by atoms with Gasteiger partial charge < -0.3 is 14.5 Å². The molecule has 0 saturated carbocycles. The average molecular weight is 302 g/mol. The Balaban J connectivity index is 2.04. The zero-order valence-electron chi connectivity index (χ0n) is 12.5. The summed E-state index contributed by atoms with van der Waals surface area (Å²) in [6, 6.07) is 6.46. The van der Waals surface area contributed by atoms with Crippen molar-refractivity contribution in [1.29, 1.82) is 0 Å². The van der Waals surface area contributed by atoms with Crippen LogP contribution in [0.25, 0.3) is 0 Å². The summed E-state index contributed by atoms with van der Waals surface area (Å²) in [5, 5.41) is 0. The maximum absolute atomic E-state index is 12.1. The average Bonchev–Trinajstić information content (AvgIpc) is 2.37. The Labute approximate surface area is 123 Å². The molecule has 118 valence electrons. The highest BCUT2D eigenvalue weighted by atomic mass is 19.4. The Hall–Kier alpha value is -1.43. The van der Waals surface area contributed by atoms with Crippen molar-refractivity contribution in [3.05, 3.63) is 24.3 Å². The summed E-state index contributed by atoms with van der Waals surface area (Å²) in [7, 11) is 4.10. The molecule has 6 heteroatoms. The summed E-state index contributed by atoms with van der Waals surface area (Å²) in [4.78, 5) is 4.45. The van der Waals surface area contributed by atoms with Gasteiger partial charge in [0, 0.05) is 25.3 Å². The van der Waals surface area contributed by atoms with Crippen LogP contribution in [0.15, 0.2) is 24.3 Å². The second-order valence-corrected chi connectivity index (χ2v) is 5.75. The Morgan fingerprint density at radius 1 is 1.24 bits per heavy atom. The van der Waals surface area contributed by atoms with E-state index < -0.39 is 6.36 Å². The lowest BCUT2D eigenvalue weighted by atomic mass is 9.92. The molecule has 0 amide bonds. The molecule has 1 saturated heterocycles. The minimum absolute atomic E-state index is 0.184. The highest BCUT2D eigenvalue weighted by Gasteiger charge is 2.31. The van der Waals surface area contributed by atoms with E-state index in [-0.39, 0.29) is 5.75 Å². The molecule has 0 N–H and O–H groups in total. The molecule has 0 spiro atoms. The number of nitrogens with zero attached hydrogens (tertiary/aromatic N) is 2. The largest absolute Gasteiger partial charge is 0.573 e. The summed E-state index contributed by atoms with van der Waals surface area (Å²) in [5.41, 5.74) is 0.908. The first-order chi connectivity index (χ1) is 9.76. The molecule has 1 aromatic carbocycles. The van der Waals surface area contributed by atoms with Crippen molar-refractivity contribution in [1.82, 2.24) is 4.90 Å². The zero-order valence-corrected chi connectivity index (χ0v) is 12.5. The van der Waals surface area contributed by atoms with Crippen LogP contribution in [0.1, 0.15) is 13.3 Å². The number of hydrogen-bond acceptors (Lipinski definition) is 3. The van der Waals surface area contributed by atoms with Gasteiger partial charge in [0.05, 0.1) is 0 Å². The first kappa shape index (κ1) is 15.9. The lowest BCUT2D eigenvalue weighted by Gasteiger charge is -2.41. The van der Waals surface area contributed by atoms with Gasteiger partial charge in [-0.2, -0.15) is 0 Å². The molecule has 1 fully saturated rings. The fraction of sp³-hybridized carbons (Fsp3) is 0.600. The van der Waals surface area contributed by atoms with E-state index in [0.29, 0.717) is 12.0 Å². The third kappa shape index (κ3) is 4.27. The van der Waals surface area contributed by atoms with E-state index >= 15 is 0 Å². The quantitative estimate of drug-likeness (QED) is 0.851. The van der Waals surface area contributed by atoms with E-state index in [1.54, 1.807) is 12.1 Å². The predicted molar refractivity (Wildman–Crippen MR) is 76.6 cm³/mol. The molecule has 0 radical (unpaired) electrons. The van der Waals surface area contributed by atoms with Gasteiger partial charge in [0.15, 0.2) is 0 Å². The number of rotatable bonds is 3. The Morgan fingerprint density at radius 3 is 2.38 bits per heavy atom. The zero-order chi connectivity index (χ0) is 15.6. The summed E-state index contributed by atoms with van der Waals surface area (Å²) in [5.74, 6) is 0.330. The van der Waals surface area contributed by atoms with Crippen LogP contribution in [-0.2, 0) is 0 Å². The van der Waals surface area contributed by atoms with Gasteiger partial charge in [-0.05, 0) is 50.2 Å². The second-order valence-electron chi connectivity index (χ2n) is 5.75. The number of hydrogen-bond donors (Lipinski definition) is 0. The fourth-order valence-electron chi connectivity index (χ4n) is 2.99. The van der Waals surface area contributed by atoms with Crippen molar-refractivity contribution >= 4 is 5.69 Å². The predicted octanol–water partition coefficient (Wildman–Crippen LogP) is 3.36. The molecule has 2 unspecified atom stereocenters. The van der Waals surface area contributed by atoms with E-state index in [4.69, 9.17) is 0 Å². The highest BCUT2D eigenvalue weighted by molar-refractivity contribution is 5.49. The van der Waals surface area contributed by atoms with Crippen LogP contribution in [0.3, 0.4) is 0 Å². The topological polar surface area (TPSA) is 15.7 Å². The van der Waals surface area contributed by atoms with E-state index in [0.717, 1.165) is 25.2 Å². The molecular weight excluding hydrogens is 281 g/mol. The molecule has 1 aliphatic rings. The number of anilines is 1. The molecule has 1 heterocycles. The van der Waals surface area contributed by atoms with E-state index in [2.05, 4.69) is 28.5 Å². The van der Waals surface area contributed by atoms with Crippen LogP contribution in [0.4, 0.5) is 18.9 Å².